The van der Waals surface area contributed by atoms with Gasteiger partial charge in [0, 0.05) is 12.8 Å². The van der Waals surface area contributed by atoms with E-state index in [9.17, 15) is 15.0 Å². The number of aliphatic hydroxyl groups excluding tert-OH is 1. The average Bonchev–Trinajstić information content (AvgIpc) is 2.57. The Morgan fingerprint density at radius 2 is 2.00 bits per heavy atom. The Labute approximate surface area is 176 Å². The van der Waals surface area contributed by atoms with Gasteiger partial charge in [0.15, 0.2) is 4.77 Å². The van der Waals surface area contributed by atoms with Crippen molar-refractivity contribution in [3.8, 4) is 11.6 Å². The van der Waals surface area contributed by atoms with E-state index in [1.807, 2.05) is 31.2 Å². The third-order valence-electron chi connectivity index (χ3n) is 5.59. The number of aromatic nitrogens is 2. The molecule has 29 heavy (non-hydrogen) atoms. The summed E-state index contributed by atoms with van der Waals surface area (Å²) < 4.78 is 1.57. The molecule has 3 N–H and O–H groups in total. The van der Waals surface area contributed by atoms with Gasteiger partial charge in [-0.25, -0.2) is 0 Å². The molecule has 2 aromatic rings. The lowest BCUT2D eigenvalue weighted by Crippen LogP contribution is -2.40. The molecule has 1 saturated carbocycles. The Hall–Kier alpha value is -2.25. The molecule has 1 heterocycles. The number of benzene rings is 1. The zero-order valence-corrected chi connectivity index (χ0v) is 18.2. The highest BCUT2D eigenvalue weighted by Crippen LogP contribution is 2.46. The van der Waals surface area contributed by atoms with E-state index >= 15 is 0 Å². The molecule has 0 amide bonds. The van der Waals surface area contributed by atoms with E-state index in [1.165, 1.54) is 10.8 Å². The highest BCUT2D eigenvalue weighted by Gasteiger charge is 2.40. The fourth-order valence-electron chi connectivity index (χ4n) is 4.75. The van der Waals surface area contributed by atoms with Gasteiger partial charge in [0.1, 0.15) is 5.56 Å². The molecule has 1 fully saturated rings. The van der Waals surface area contributed by atoms with Gasteiger partial charge in [0.2, 0.25) is 5.88 Å². The number of nitrogens with zero attached hydrogens (tertiary/aromatic N) is 2. The average molecular weight is 416 g/mol. The summed E-state index contributed by atoms with van der Waals surface area (Å²) in [5, 5.41) is 21.0. The molecule has 2 atom stereocenters. The van der Waals surface area contributed by atoms with Gasteiger partial charge in [0.25, 0.3) is 5.56 Å². The SMILES string of the molecule is Cc1ccccc1-n1c(O)c(C=NC[C@]2(C)C[C@H](O)CC(C)(C)C2)c(=O)[nH]c1=S. The molecule has 0 unspecified atom stereocenters. The van der Waals surface area contributed by atoms with Gasteiger partial charge in [-0.05, 0) is 60.9 Å². The lowest BCUT2D eigenvalue weighted by atomic mass is 9.63. The van der Waals surface area contributed by atoms with Crippen molar-refractivity contribution in [2.45, 2.75) is 53.1 Å². The molecule has 1 aliphatic rings. The van der Waals surface area contributed by atoms with Crippen LogP contribution in [-0.2, 0) is 0 Å². The Morgan fingerprint density at radius 1 is 1.31 bits per heavy atom. The first kappa shape index (κ1) is 21.5. The molecule has 1 aromatic carbocycles. The second-order valence-corrected chi connectivity index (χ2v) is 9.69. The fraction of sp³-hybridized carbons (Fsp3) is 0.500. The molecule has 7 heteroatoms. The molecule has 0 aliphatic heterocycles. The van der Waals surface area contributed by atoms with Crippen LogP contribution in [0, 0.1) is 22.5 Å². The molecule has 0 saturated heterocycles. The minimum Gasteiger partial charge on any atom is -0.494 e. The van der Waals surface area contributed by atoms with Gasteiger partial charge < -0.3 is 10.2 Å². The van der Waals surface area contributed by atoms with E-state index in [4.69, 9.17) is 12.2 Å². The number of aryl methyl sites for hydroxylation is 1. The second kappa shape index (κ2) is 7.88. The van der Waals surface area contributed by atoms with Crippen molar-refractivity contribution in [2.24, 2.45) is 15.8 Å². The topological polar surface area (TPSA) is 90.6 Å². The lowest BCUT2D eigenvalue weighted by Gasteiger charge is -2.44. The fourth-order valence-corrected chi connectivity index (χ4v) is 5.03. The van der Waals surface area contributed by atoms with Gasteiger partial charge in [-0.1, -0.05) is 39.0 Å². The molecule has 0 spiro atoms. The van der Waals surface area contributed by atoms with E-state index in [2.05, 4.69) is 30.7 Å². The van der Waals surface area contributed by atoms with Crippen LogP contribution in [0.1, 0.15) is 51.2 Å². The Bertz CT molecular complexity index is 1050. The smallest absolute Gasteiger partial charge is 0.264 e. The standard InChI is InChI=1S/C22H29N3O3S/c1-14-7-5-6-8-17(14)25-19(28)16(18(27)24-20(25)29)11-23-13-22(4)10-15(26)9-21(2,3)12-22/h5-8,11,15,26,28H,9-10,12-13H2,1-4H3,(H,24,27,29)/t15-,22-/m1/s1. The van der Waals surface area contributed by atoms with E-state index in [0.29, 0.717) is 18.7 Å². The van der Waals surface area contributed by atoms with Crippen molar-refractivity contribution in [3.05, 3.63) is 50.5 Å². The zero-order chi connectivity index (χ0) is 21.4. The summed E-state index contributed by atoms with van der Waals surface area (Å²) in [5.74, 6) is -0.231. The number of para-hydroxylation sites is 1. The number of aromatic hydroxyl groups is 1. The monoisotopic (exact) mass is 415 g/mol. The molecule has 0 radical (unpaired) electrons. The number of hydrogen-bond donors (Lipinski definition) is 3. The van der Waals surface area contributed by atoms with E-state index in [1.54, 1.807) is 0 Å². The third kappa shape index (κ3) is 4.67. The number of H-pyrrole nitrogens is 1. The van der Waals surface area contributed by atoms with Gasteiger partial charge >= 0.3 is 0 Å². The zero-order valence-electron chi connectivity index (χ0n) is 17.4. The number of hydrogen-bond acceptors (Lipinski definition) is 5. The number of aliphatic imine (C=N–C) groups is 1. The summed E-state index contributed by atoms with van der Waals surface area (Å²) >= 11 is 5.27. The summed E-state index contributed by atoms with van der Waals surface area (Å²) in [6, 6.07) is 7.48. The normalized spacial score (nSPS) is 24.1. The lowest BCUT2D eigenvalue weighted by molar-refractivity contribution is -0.00472. The van der Waals surface area contributed by atoms with Crippen LogP contribution in [-0.4, -0.2) is 38.6 Å². The Morgan fingerprint density at radius 3 is 2.66 bits per heavy atom. The van der Waals surface area contributed by atoms with Gasteiger partial charge in [-0.2, -0.15) is 0 Å². The van der Waals surface area contributed by atoms with Crippen LogP contribution in [0.15, 0.2) is 34.1 Å². The Balaban J connectivity index is 1.94. The van der Waals surface area contributed by atoms with Gasteiger partial charge in [-0.3, -0.25) is 19.3 Å². The van der Waals surface area contributed by atoms with Crippen LogP contribution < -0.4 is 5.56 Å². The van der Waals surface area contributed by atoms with Crippen LogP contribution in [0.4, 0.5) is 0 Å². The summed E-state index contributed by atoms with van der Waals surface area (Å²) in [6.45, 7) is 8.79. The highest BCUT2D eigenvalue weighted by atomic mass is 32.1. The number of aliphatic hydroxyl groups is 1. The number of aromatic amines is 1. The predicted octanol–water partition coefficient (Wildman–Crippen LogP) is 3.91. The molecule has 156 valence electrons. The van der Waals surface area contributed by atoms with Crippen LogP contribution in [0.3, 0.4) is 0 Å². The first-order chi connectivity index (χ1) is 13.5. The van der Waals surface area contributed by atoms with Crippen molar-refractivity contribution in [1.82, 2.24) is 9.55 Å². The third-order valence-corrected chi connectivity index (χ3v) is 5.88. The molecule has 0 bridgehead atoms. The molecule has 6 nitrogen and oxygen atoms in total. The summed E-state index contributed by atoms with van der Waals surface area (Å²) in [7, 11) is 0. The molecule has 1 aromatic heterocycles. The van der Waals surface area contributed by atoms with Crippen molar-refractivity contribution in [3.63, 3.8) is 0 Å². The number of rotatable bonds is 4. The van der Waals surface area contributed by atoms with Crippen molar-refractivity contribution in [2.75, 3.05) is 6.54 Å². The first-order valence-corrected chi connectivity index (χ1v) is 10.2. The maximum Gasteiger partial charge on any atom is 0.264 e. The molecule has 1 aliphatic carbocycles. The van der Waals surface area contributed by atoms with E-state index in [0.717, 1.165) is 18.4 Å². The highest BCUT2D eigenvalue weighted by molar-refractivity contribution is 7.71. The van der Waals surface area contributed by atoms with Crippen LogP contribution in [0.25, 0.3) is 5.69 Å². The molecule has 3 rings (SSSR count). The minimum absolute atomic E-state index is 0.0411. The molecular formula is C22H29N3O3S. The second-order valence-electron chi connectivity index (χ2n) is 9.30. The van der Waals surface area contributed by atoms with Crippen molar-refractivity contribution < 1.29 is 10.2 Å². The quantitative estimate of drug-likeness (QED) is 0.522. The summed E-state index contributed by atoms with van der Waals surface area (Å²) in [4.78, 5) is 19.5. The minimum atomic E-state index is -0.477. The van der Waals surface area contributed by atoms with E-state index < -0.39 is 5.56 Å². The molecular weight excluding hydrogens is 386 g/mol. The van der Waals surface area contributed by atoms with Crippen LogP contribution in [0.2, 0.25) is 0 Å². The maximum absolute atomic E-state index is 12.4. The largest absolute Gasteiger partial charge is 0.494 e. The summed E-state index contributed by atoms with van der Waals surface area (Å²) in [6.07, 6.45) is 3.45. The van der Waals surface area contributed by atoms with E-state index in [-0.39, 0.29) is 33.1 Å². The van der Waals surface area contributed by atoms with Gasteiger partial charge in [0.05, 0.1) is 11.8 Å². The van der Waals surface area contributed by atoms with Crippen LogP contribution in [0.5, 0.6) is 5.88 Å². The van der Waals surface area contributed by atoms with Gasteiger partial charge in [-0.15, -0.1) is 0 Å². The summed E-state index contributed by atoms with van der Waals surface area (Å²) in [5.41, 5.74) is 1.09. The maximum atomic E-state index is 12.4. The van der Waals surface area contributed by atoms with Crippen molar-refractivity contribution >= 4 is 18.4 Å². The first-order valence-electron chi connectivity index (χ1n) is 9.84. The van der Waals surface area contributed by atoms with Crippen LogP contribution >= 0.6 is 12.2 Å². The van der Waals surface area contributed by atoms with Crippen molar-refractivity contribution in [1.29, 1.82) is 0 Å². The Kier molecular flexibility index (Phi) is 5.83. The number of nitrogens with one attached hydrogen (secondary N) is 1. The predicted molar refractivity (Wildman–Crippen MR) is 118 cm³/mol.